The Morgan fingerprint density at radius 1 is 1.17 bits per heavy atom. The minimum Gasteiger partial charge on any atom is -0.544 e. The molecule has 4 N–H and O–H groups in total. The normalized spacial score (nSPS) is 12.2. The van der Waals surface area contributed by atoms with Crippen molar-refractivity contribution < 1.29 is 20.4 Å². The number of carboxylic acid groups (broad SMARTS) is 1. The zero-order valence-electron chi connectivity index (χ0n) is 12.6. The molecule has 1 heterocycles. The van der Waals surface area contributed by atoms with Gasteiger partial charge in [-0.1, -0.05) is 42.5 Å². The van der Waals surface area contributed by atoms with Gasteiger partial charge in [0.05, 0.1) is 11.5 Å². The van der Waals surface area contributed by atoms with Gasteiger partial charge in [-0.3, -0.25) is 0 Å². The summed E-state index contributed by atoms with van der Waals surface area (Å²) in [5.74, 6) is -0.400. The molecule has 0 saturated heterocycles. The number of aliphatic carboxylic acids is 1. The number of nitrogens with one attached hydrogen (secondary N) is 1. The van der Waals surface area contributed by atoms with Crippen LogP contribution in [0.5, 0.6) is 5.75 Å². The lowest BCUT2D eigenvalue weighted by Crippen LogP contribution is -2.69. The second-order valence-electron chi connectivity index (χ2n) is 5.49. The van der Waals surface area contributed by atoms with E-state index in [1.807, 2.05) is 48.5 Å². The number of carbonyl (C=O) groups is 1. The summed E-state index contributed by atoms with van der Waals surface area (Å²) in [7, 11) is 0. The number of aromatic amines is 1. The molecular formula is C18H18N2O3. The van der Waals surface area contributed by atoms with E-state index < -0.39 is 12.0 Å². The summed E-state index contributed by atoms with van der Waals surface area (Å²) in [4.78, 5) is 14.1. The maximum atomic E-state index is 10.9. The lowest BCUT2D eigenvalue weighted by Gasteiger charge is -2.09. The first-order valence-electron chi connectivity index (χ1n) is 7.45. The van der Waals surface area contributed by atoms with Crippen LogP contribution in [0.15, 0.2) is 54.7 Å². The van der Waals surface area contributed by atoms with Crippen molar-refractivity contribution >= 4 is 16.9 Å². The van der Waals surface area contributed by atoms with Gasteiger partial charge in [0.15, 0.2) is 0 Å². The highest BCUT2D eigenvalue weighted by molar-refractivity contribution is 5.88. The second-order valence-corrected chi connectivity index (χ2v) is 5.49. The van der Waals surface area contributed by atoms with Crippen LogP contribution in [-0.4, -0.2) is 17.0 Å². The van der Waals surface area contributed by atoms with Crippen molar-refractivity contribution in [2.75, 3.05) is 0 Å². The van der Waals surface area contributed by atoms with E-state index in [1.54, 1.807) is 6.20 Å². The number of carboxylic acids is 1. The molecule has 3 rings (SSSR count). The Kier molecular flexibility index (Phi) is 4.30. The fraction of sp³-hybridized carbons (Fsp3) is 0.167. The molecule has 5 heteroatoms. The van der Waals surface area contributed by atoms with Gasteiger partial charge in [-0.05, 0) is 17.2 Å². The highest BCUT2D eigenvalue weighted by Gasteiger charge is 2.14. The van der Waals surface area contributed by atoms with Crippen molar-refractivity contribution in [3.8, 4) is 5.75 Å². The van der Waals surface area contributed by atoms with E-state index in [0.717, 1.165) is 27.8 Å². The molecule has 0 radical (unpaired) electrons. The van der Waals surface area contributed by atoms with Gasteiger partial charge in [0.25, 0.3) is 0 Å². The van der Waals surface area contributed by atoms with E-state index in [4.69, 9.17) is 4.74 Å². The van der Waals surface area contributed by atoms with Crippen molar-refractivity contribution in [2.24, 2.45) is 0 Å². The molecule has 0 fully saturated rings. The monoisotopic (exact) mass is 310 g/mol. The topological polar surface area (TPSA) is 92.8 Å². The minimum atomic E-state index is -1.14. The highest BCUT2D eigenvalue weighted by atomic mass is 16.5. The van der Waals surface area contributed by atoms with Gasteiger partial charge in [-0.2, -0.15) is 0 Å². The number of carbonyl (C=O) groups excluding carboxylic acids is 1. The van der Waals surface area contributed by atoms with Gasteiger partial charge in [0.2, 0.25) is 0 Å². The summed E-state index contributed by atoms with van der Waals surface area (Å²) in [6, 6.07) is 14.9. The van der Waals surface area contributed by atoms with Crippen LogP contribution in [0.3, 0.4) is 0 Å². The summed E-state index contributed by atoms with van der Waals surface area (Å²) in [6.45, 7) is 0.477. The number of rotatable bonds is 6. The van der Waals surface area contributed by atoms with Crippen molar-refractivity contribution in [3.63, 3.8) is 0 Å². The molecule has 0 unspecified atom stereocenters. The average Bonchev–Trinajstić information content (AvgIpc) is 2.97. The maximum Gasteiger partial charge on any atom is 0.143 e. The summed E-state index contributed by atoms with van der Waals surface area (Å²) in [6.07, 6.45) is 2.13. The minimum absolute atomic E-state index is 0.324. The molecule has 0 aliphatic rings. The van der Waals surface area contributed by atoms with E-state index in [9.17, 15) is 9.90 Å². The Balaban J connectivity index is 1.82. The molecule has 118 valence electrons. The molecule has 3 aromatic rings. The first-order valence-corrected chi connectivity index (χ1v) is 7.45. The number of benzene rings is 2. The first-order chi connectivity index (χ1) is 11.1. The second kappa shape index (κ2) is 6.54. The molecule has 23 heavy (non-hydrogen) atoms. The maximum absolute atomic E-state index is 10.9. The largest absolute Gasteiger partial charge is 0.544 e. The van der Waals surface area contributed by atoms with Crippen LogP contribution in [0.1, 0.15) is 11.1 Å². The van der Waals surface area contributed by atoms with Crippen LogP contribution in [0.25, 0.3) is 10.9 Å². The van der Waals surface area contributed by atoms with Gasteiger partial charge in [0.1, 0.15) is 18.4 Å². The van der Waals surface area contributed by atoms with Crippen molar-refractivity contribution in [1.82, 2.24) is 4.98 Å². The number of quaternary nitrogens is 1. The highest BCUT2D eigenvalue weighted by Crippen LogP contribution is 2.28. The first kappa shape index (κ1) is 15.1. The third-order valence-corrected chi connectivity index (χ3v) is 3.80. The molecule has 0 saturated carbocycles. The Morgan fingerprint density at radius 2 is 1.96 bits per heavy atom. The molecule has 0 aliphatic heterocycles. The molecule has 1 atom stereocenters. The van der Waals surface area contributed by atoms with Gasteiger partial charge in [0, 0.05) is 18.0 Å². The van der Waals surface area contributed by atoms with Crippen LogP contribution in [0.4, 0.5) is 0 Å². The quantitative estimate of drug-likeness (QED) is 0.700. The molecule has 0 bridgehead atoms. The van der Waals surface area contributed by atoms with Crippen LogP contribution < -0.4 is 15.6 Å². The summed E-state index contributed by atoms with van der Waals surface area (Å²) < 4.78 is 5.90. The molecule has 5 nitrogen and oxygen atoms in total. The van der Waals surface area contributed by atoms with Crippen molar-refractivity contribution in [1.29, 1.82) is 0 Å². The number of hydrogen-bond donors (Lipinski definition) is 2. The molecule has 0 aliphatic carbocycles. The lowest BCUT2D eigenvalue weighted by atomic mass is 10.1. The van der Waals surface area contributed by atoms with E-state index >= 15 is 0 Å². The van der Waals surface area contributed by atoms with Crippen LogP contribution in [0, 0.1) is 0 Å². The SMILES string of the molecule is [NH3+][C@@H](Cc1c[nH]c2c(OCc3ccccc3)cccc12)C(=O)[O-]. The third-order valence-electron chi connectivity index (χ3n) is 3.80. The predicted molar refractivity (Wildman–Crippen MR) is 84.5 cm³/mol. The molecule has 0 spiro atoms. The van der Waals surface area contributed by atoms with E-state index in [0.29, 0.717) is 13.0 Å². The Bertz CT molecular complexity index is 812. The van der Waals surface area contributed by atoms with Gasteiger partial charge >= 0.3 is 0 Å². The number of aromatic nitrogens is 1. The van der Waals surface area contributed by atoms with Crippen LogP contribution in [0.2, 0.25) is 0 Å². The van der Waals surface area contributed by atoms with E-state index in [2.05, 4.69) is 10.7 Å². The van der Waals surface area contributed by atoms with Crippen LogP contribution >= 0.6 is 0 Å². The standard InChI is InChI=1S/C18H18N2O3/c19-15(18(21)22)9-13-10-20-17-14(13)7-4-8-16(17)23-11-12-5-2-1-3-6-12/h1-8,10,15,20H,9,11,19H2,(H,21,22)/t15-/m0/s1. The zero-order chi connectivity index (χ0) is 16.2. The lowest BCUT2D eigenvalue weighted by molar-refractivity contribution is -0.436. The van der Waals surface area contributed by atoms with Crippen LogP contribution in [-0.2, 0) is 17.8 Å². The Labute approximate surface area is 133 Å². The Morgan fingerprint density at radius 3 is 2.70 bits per heavy atom. The van der Waals surface area contributed by atoms with Gasteiger partial charge in [-0.15, -0.1) is 0 Å². The smallest absolute Gasteiger partial charge is 0.143 e. The average molecular weight is 310 g/mol. The molecule has 0 amide bonds. The number of fused-ring (bicyclic) bond motifs is 1. The fourth-order valence-electron chi connectivity index (χ4n) is 2.56. The van der Waals surface area contributed by atoms with Crippen molar-refractivity contribution in [3.05, 3.63) is 65.9 Å². The number of ether oxygens (including phenoxy) is 1. The summed E-state index contributed by atoms with van der Waals surface area (Å²) in [5, 5.41) is 11.8. The van der Waals surface area contributed by atoms with E-state index in [-0.39, 0.29) is 0 Å². The fourth-order valence-corrected chi connectivity index (χ4v) is 2.56. The summed E-state index contributed by atoms with van der Waals surface area (Å²) in [5.41, 5.74) is 6.46. The molecule has 1 aromatic heterocycles. The summed E-state index contributed by atoms with van der Waals surface area (Å²) >= 11 is 0. The number of hydrogen-bond acceptors (Lipinski definition) is 3. The zero-order valence-corrected chi connectivity index (χ0v) is 12.6. The number of para-hydroxylation sites is 1. The van der Waals surface area contributed by atoms with Crippen molar-refractivity contribution in [2.45, 2.75) is 19.1 Å². The van der Waals surface area contributed by atoms with E-state index in [1.165, 1.54) is 0 Å². The third kappa shape index (κ3) is 3.35. The van der Waals surface area contributed by atoms with Gasteiger partial charge in [-0.25, -0.2) is 0 Å². The number of H-pyrrole nitrogens is 1. The Hall–Kier alpha value is -2.79. The molecule has 2 aromatic carbocycles. The molecular weight excluding hydrogens is 292 g/mol. The van der Waals surface area contributed by atoms with Gasteiger partial charge < -0.3 is 25.4 Å². The predicted octanol–water partition coefficient (Wildman–Crippen LogP) is 0.650.